The number of benzene rings is 1. The smallest absolute Gasteiger partial charge is 0.340 e. The number of furan rings is 1. The topological polar surface area (TPSA) is 97.6 Å². The van der Waals surface area contributed by atoms with Gasteiger partial charge < -0.3 is 19.8 Å². The van der Waals surface area contributed by atoms with E-state index < -0.39 is 11.9 Å². The number of hydrogen-bond donors (Lipinski definition) is 2. The van der Waals surface area contributed by atoms with Crippen LogP contribution in [0.2, 0.25) is 0 Å². The van der Waals surface area contributed by atoms with Crippen molar-refractivity contribution in [1.82, 2.24) is 5.32 Å². The highest BCUT2D eigenvalue weighted by atomic mass is 16.5. The summed E-state index contributed by atoms with van der Waals surface area (Å²) in [7, 11) is 0. The third-order valence-corrected chi connectivity index (χ3v) is 4.19. The third-order valence-electron chi connectivity index (χ3n) is 4.19. The molecule has 0 spiro atoms. The average Bonchev–Trinajstić information content (AvgIpc) is 3.34. The SMILES string of the molecule is C[C@@H](NC(=O)COC(=O)c1ccccc1NC(=O)c1ccco1)C1CC1. The Hall–Kier alpha value is -3.09. The summed E-state index contributed by atoms with van der Waals surface area (Å²) in [6.45, 7) is 1.58. The average molecular weight is 356 g/mol. The number of para-hydroxylation sites is 1. The van der Waals surface area contributed by atoms with Crippen LogP contribution in [0, 0.1) is 5.92 Å². The van der Waals surface area contributed by atoms with Crippen LogP contribution in [0.1, 0.15) is 40.7 Å². The summed E-state index contributed by atoms with van der Waals surface area (Å²) in [5.41, 5.74) is 0.445. The van der Waals surface area contributed by atoms with Gasteiger partial charge in [-0.25, -0.2) is 4.79 Å². The Kier molecular flexibility index (Phi) is 5.36. The summed E-state index contributed by atoms with van der Waals surface area (Å²) >= 11 is 0. The van der Waals surface area contributed by atoms with Crippen LogP contribution in [0.5, 0.6) is 0 Å². The first-order chi connectivity index (χ1) is 12.5. The van der Waals surface area contributed by atoms with E-state index in [1.54, 1.807) is 24.3 Å². The van der Waals surface area contributed by atoms with Gasteiger partial charge in [-0.15, -0.1) is 0 Å². The monoisotopic (exact) mass is 356 g/mol. The number of amides is 2. The predicted octanol–water partition coefficient (Wildman–Crippen LogP) is 2.60. The fourth-order valence-electron chi connectivity index (χ4n) is 2.58. The van der Waals surface area contributed by atoms with Crippen molar-refractivity contribution >= 4 is 23.5 Å². The lowest BCUT2D eigenvalue weighted by Gasteiger charge is -2.13. The fraction of sp³-hybridized carbons (Fsp3) is 0.316. The Labute approximate surface area is 150 Å². The van der Waals surface area contributed by atoms with Crippen LogP contribution in [0.4, 0.5) is 5.69 Å². The molecule has 2 N–H and O–H groups in total. The van der Waals surface area contributed by atoms with E-state index >= 15 is 0 Å². The van der Waals surface area contributed by atoms with Crippen LogP contribution >= 0.6 is 0 Å². The first-order valence-electron chi connectivity index (χ1n) is 8.45. The molecule has 0 radical (unpaired) electrons. The Bertz CT molecular complexity index is 796. The van der Waals surface area contributed by atoms with Crippen molar-refractivity contribution in [2.75, 3.05) is 11.9 Å². The summed E-state index contributed by atoms with van der Waals surface area (Å²) < 4.78 is 10.1. The van der Waals surface area contributed by atoms with Crippen LogP contribution in [0.25, 0.3) is 0 Å². The van der Waals surface area contributed by atoms with E-state index in [-0.39, 0.29) is 35.6 Å². The van der Waals surface area contributed by atoms with E-state index in [0.29, 0.717) is 5.92 Å². The molecule has 0 saturated heterocycles. The summed E-state index contributed by atoms with van der Waals surface area (Å²) in [6, 6.07) is 9.61. The second kappa shape index (κ2) is 7.86. The standard InChI is InChI=1S/C19H20N2O5/c1-12(13-8-9-13)20-17(22)11-26-19(24)14-5-2-3-6-15(14)21-18(23)16-7-4-10-25-16/h2-7,10,12-13H,8-9,11H2,1H3,(H,20,22)(H,21,23)/t12-/m1/s1. The van der Waals surface area contributed by atoms with Crippen LogP contribution in [0.3, 0.4) is 0 Å². The maximum Gasteiger partial charge on any atom is 0.340 e. The van der Waals surface area contributed by atoms with Crippen molar-refractivity contribution in [3.05, 3.63) is 54.0 Å². The molecule has 7 nitrogen and oxygen atoms in total. The molecule has 1 saturated carbocycles. The van der Waals surface area contributed by atoms with Crippen molar-refractivity contribution in [1.29, 1.82) is 0 Å². The van der Waals surface area contributed by atoms with E-state index in [1.165, 1.54) is 18.4 Å². The normalized spacial score (nSPS) is 14.3. The van der Waals surface area contributed by atoms with Crippen molar-refractivity contribution in [3.8, 4) is 0 Å². The van der Waals surface area contributed by atoms with Gasteiger partial charge in [0, 0.05) is 6.04 Å². The van der Waals surface area contributed by atoms with Gasteiger partial charge in [0.15, 0.2) is 12.4 Å². The van der Waals surface area contributed by atoms with Crippen LogP contribution < -0.4 is 10.6 Å². The zero-order valence-electron chi connectivity index (χ0n) is 14.4. The Balaban J connectivity index is 1.58. The predicted molar refractivity (Wildman–Crippen MR) is 93.7 cm³/mol. The van der Waals surface area contributed by atoms with Gasteiger partial charge in [-0.05, 0) is 49.9 Å². The van der Waals surface area contributed by atoms with Crippen molar-refractivity contribution in [3.63, 3.8) is 0 Å². The van der Waals surface area contributed by atoms with Crippen molar-refractivity contribution in [2.45, 2.75) is 25.8 Å². The van der Waals surface area contributed by atoms with E-state index in [2.05, 4.69) is 10.6 Å². The number of carbonyl (C=O) groups is 3. The van der Waals surface area contributed by atoms with Gasteiger partial charge in [0.2, 0.25) is 0 Å². The van der Waals surface area contributed by atoms with Crippen LogP contribution in [-0.2, 0) is 9.53 Å². The molecule has 7 heteroatoms. The first kappa shape index (κ1) is 17.7. The van der Waals surface area contributed by atoms with E-state index in [1.807, 2.05) is 6.92 Å². The highest BCUT2D eigenvalue weighted by molar-refractivity contribution is 6.06. The lowest BCUT2D eigenvalue weighted by molar-refractivity contribution is -0.124. The zero-order chi connectivity index (χ0) is 18.5. The fourth-order valence-corrected chi connectivity index (χ4v) is 2.58. The maximum absolute atomic E-state index is 12.3. The third kappa shape index (κ3) is 4.50. The largest absolute Gasteiger partial charge is 0.459 e. The minimum atomic E-state index is -0.686. The Morgan fingerprint density at radius 3 is 2.65 bits per heavy atom. The van der Waals surface area contributed by atoms with Gasteiger partial charge >= 0.3 is 5.97 Å². The van der Waals surface area contributed by atoms with E-state index in [9.17, 15) is 14.4 Å². The summed E-state index contributed by atoms with van der Waals surface area (Å²) in [6.07, 6.45) is 3.62. The molecule has 1 atom stereocenters. The first-order valence-corrected chi connectivity index (χ1v) is 8.45. The minimum absolute atomic E-state index is 0.0843. The molecule has 0 unspecified atom stereocenters. The second-order valence-corrected chi connectivity index (χ2v) is 6.25. The highest BCUT2D eigenvalue weighted by Gasteiger charge is 2.29. The van der Waals surface area contributed by atoms with Crippen LogP contribution in [0.15, 0.2) is 47.1 Å². The molecule has 1 aliphatic rings. The second-order valence-electron chi connectivity index (χ2n) is 6.25. The number of rotatable bonds is 7. The van der Waals surface area contributed by atoms with Crippen molar-refractivity contribution in [2.24, 2.45) is 5.92 Å². The molecule has 1 aromatic carbocycles. The summed E-state index contributed by atoms with van der Waals surface area (Å²) in [4.78, 5) is 36.2. The number of ether oxygens (including phenoxy) is 1. The minimum Gasteiger partial charge on any atom is -0.459 e. The van der Waals surface area contributed by atoms with E-state index in [4.69, 9.17) is 9.15 Å². The molecule has 2 amide bonds. The molecule has 26 heavy (non-hydrogen) atoms. The van der Waals surface area contributed by atoms with E-state index in [0.717, 1.165) is 12.8 Å². The lowest BCUT2D eigenvalue weighted by atomic mass is 10.1. The Morgan fingerprint density at radius 2 is 1.96 bits per heavy atom. The number of carbonyl (C=O) groups excluding carboxylic acids is 3. The molecule has 3 rings (SSSR count). The molecule has 136 valence electrons. The number of hydrogen-bond acceptors (Lipinski definition) is 5. The molecular formula is C19H20N2O5. The van der Waals surface area contributed by atoms with Gasteiger partial charge in [-0.1, -0.05) is 12.1 Å². The van der Waals surface area contributed by atoms with Gasteiger partial charge in [-0.3, -0.25) is 9.59 Å². The van der Waals surface area contributed by atoms with Gasteiger partial charge in [-0.2, -0.15) is 0 Å². The molecule has 1 aliphatic carbocycles. The van der Waals surface area contributed by atoms with Gasteiger partial charge in [0.1, 0.15) is 0 Å². The molecular weight excluding hydrogens is 336 g/mol. The van der Waals surface area contributed by atoms with Gasteiger partial charge in [0.25, 0.3) is 11.8 Å². The zero-order valence-corrected chi connectivity index (χ0v) is 14.4. The number of nitrogens with one attached hydrogen (secondary N) is 2. The molecule has 0 bridgehead atoms. The molecule has 2 aromatic rings. The molecule has 0 aliphatic heterocycles. The van der Waals surface area contributed by atoms with Crippen LogP contribution in [-0.4, -0.2) is 30.4 Å². The highest BCUT2D eigenvalue weighted by Crippen LogP contribution is 2.32. The maximum atomic E-state index is 12.3. The molecule has 1 heterocycles. The summed E-state index contributed by atoms with van der Waals surface area (Å²) in [5.74, 6) is -0.857. The Morgan fingerprint density at radius 1 is 1.19 bits per heavy atom. The summed E-state index contributed by atoms with van der Waals surface area (Å²) in [5, 5.41) is 5.42. The quantitative estimate of drug-likeness (QED) is 0.743. The van der Waals surface area contributed by atoms with Crippen molar-refractivity contribution < 1.29 is 23.5 Å². The molecule has 1 aromatic heterocycles. The number of anilines is 1. The lowest BCUT2D eigenvalue weighted by Crippen LogP contribution is -2.37. The van der Waals surface area contributed by atoms with Gasteiger partial charge in [0.05, 0.1) is 17.5 Å². The molecule has 1 fully saturated rings. The number of esters is 1.